The van der Waals surface area contributed by atoms with Crippen LogP contribution >= 0.6 is 11.6 Å². The number of nitrogens with one attached hydrogen (secondary N) is 1. The Labute approximate surface area is 253 Å². The predicted molar refractivity (Wildman–Crippen MR) is 167 cm³/mol. The predicted octanol–water partition coefficient (Wildman–Crippen LogP) is 4.68. The molecule has 2 aliphatic carbocycles. The SMILES string of the molecule is C=S1(=O)C/C=C/[C@@]2(O)CCO[C@@H](C2)[C@@H]2CC[C@H]2CN2C[C@@]3(CCCc4cc(Cl)ccc43)COc3ccc(cc32)C(=O)N1. The van der Waals surface area contributed by atoms with Crippen LogP contribution in [-0.2, 0) is 26.3 Å². The Bertz CT molecular complexity index is 1540. The summed E-state index contributed by atoms with van der Waals surface area (Å²) in [5, 5.41) is 12.2. The lowest BCUT2D eigenvalue weighted by atomic mass is 9.66. The molecule has 0 radical (unpaired) electrons. The van der Waals surface area contributed by atoms with Gasteiger partial charge in [0, 0.05) is 41.9 Å². The van der Waals surface area contributed by atoms with Crippen LogP contribution in [0.2, 0.25) is 5.02 Å². The van der Waals surface area contributed by atoms with Crippen molar-refractivity contribution in [1.82, 2.24) is 4.72 Å². The molecule has 1 saturated carbocycles. The molecule has 0 aromatic heterocycles. The third-order valence-electron chi connectivity index (χ3n) is 10.2. The first kappa shape index (κ1) is 28.3. The number of nitrogens with zero attached hydrogens (tertiary/aromatic N) is 1. The number of aryl methyl sites for hydroxylation is 1. The molecule has 3 heterocycles. The van der Waals surface area contributed by atoms with E-state index in [-0.39, 0.29) is 17.3 Å². The number of benzene rings is 2. The van der Waals surface area contributed by atoms with Gasteiger partial charge in [0.25, 0.3) is 5.91 Å². The molecule has 7 nitrogen and oxygen atoms in total. The molecule has 42 heavy (non-hydrogen) atoms. The largest absolute Gasteiger partial charge is 0.490 e. The summed E-state index contributed by atoms with van der Waals surface area (Å²) in [6, 6.07) is 11.7. The van der Waals surface area contributed by atoms with Crippen LogP contribution in [-0.4, -0.2) is 64.9 Å². The Morgan fingerprint density at radius 3 is 2.88 bits per heavy atom. The molecule has 7 rings (SSSR count). The van der Waals surface area contributed by atoms with Gasteiger partial charge in [0.05, 0.1) is 46.1 Å². The number of hydrogen-bond donors (Lipinski definition) is 2. The summed E-state index contributed by atoms with van der Waals surface area (Å²) in [6.45, 7) is 2.59. The molecular weight excluding hydrogens is 572 g/mol. The molecule has 4 bridgehead atoms. The Balaban J connectivity index is 1.30. The molecule has 1 amide bonds. The van der Waals surface area contributed by atoms with Crippen molar-refractivity contribution in [2.24, 2.45) is 11.8 Å². The Morgan fingerprint density at radius 2 is 2.05 bits per heavy atom. The number of ether oxygens (including phenoxy) is 2. The van der Waals surface area contributed by atoms with Gasteiger partial charge in [-0.1, -0.05) is 29.8 Å². The quantitative estimate of drug-likeness (QED) is 0.333. The zero-order valence-electron chi connectivity index (χ0n) is 23.9. The normalized spacial score (nSPS) is 36.9. The molecule has 1 spiro atoms. The van der Waals surface area contributed by atoms with Gasteiger partial charge in [0.2, 0.25) is 0 Å². The standard InChI is InChI=1S/C33H39ClN2O5S/c1-42(39)15-3-12-33(38)13-14-40-30(18-33)26-8-5-24(26)19-36-20-32(11-2-4-22-16-25(34)7-9-27(22)32)21-41-29-10-6-23(17-28(29)36)31(37)35-42/h3,6-7,9-10,12,16-17,24,26,30,38H,1-2,4-5,8,11,13-15,18-21H2,(H,35,37,39)/b12-3+/t24-,26+,30-,32-,33+,42?/m0/s1. The first-order valence-corrected chi connectivity index (χ1v) is 17.4. The fraction of sp³-hybridized carbons (Fsp3) is 0.515. The van der Waals surface area contributed by atoms with Gasteiger partial charge in [-0.2, -0.15) is 0 Å². The monoisotopic (exact) mass is 610 g/mol. The van der Waals surface area contributed by atoms with Crippen LogP contribution in [0.3, 0.4) is 0 Å². The van der Waals surface area contributed by atoms with E-state index in [0.717, 1.165) is 61.7 Å². The molecule has 6 atom stereocenters. The van der Waals surface area contributed by atoms with Gasteiger partial charge in [0.15, 0.2) is 0 Å². The third kappa shape index (κ3) is 5.25. The maximum Gasteiger partial charge on any atom is 0.262 e. The summed E-state index contributed by atoms with van der Waals surface area (Å²) in [7, 11) is -2.96. The Kier molecular flexibility index (Phi) is 7.12. The van der Waals surface area contributed by atoms with Crippen molar-refractivity contribution >= 4 is 38.8 Å². The van der Waals surface area contributed by atoms with E-state index in [9.17, 15) is 14.1 Å². The van der Waals surface area contributed by atoms with Gasteiger partial charge in [-0.25, -0.2) is 4.21 Å². The fourth-order valence-electron chi connectivity index (χ4n) is 7.86. The van der Waals surface area contributed by atoms with Crippen LogP contribution in [0.15, 0.2) is 48.6 Å². The number of fused-ring (bicyclic) bond motifs is 7. The maximum absolute atomic E-state index is 13.4. The summed E-state index contributed by atoms with van der Waals surface area (Å²) in [5.74, 6) is 4.91. The number of amides is 1. The van der Waals surface area contributed by atoms with Crippen LogP contribution in [0, 0.1) is 11.8 Å². The van der Waals surface area contributed by atoms with Crippen LogP contribution in [0.25, 0.3) is 0 Å². The van der Waals surface area contributed by atoms with E-state index in [2.05, 4.69) is 27.6 Å². The van der Waals surface area contributed by atoms with Crippen LogP contribution in [0.4, 0.5) is 5.69 Å². The summed E-state index contributed by atoms with van der Waals surface area (Å²) in [4.78, 5) is 15.8. The number of carbonyl (C=O) groups is 1. The number of hydrogen-bond acceptors (Lipinski definition) is 6. The van der Waals surface area contributed by atoms with Gasteiger partial charge in [-0.05, 0) is 91.3 Å². The summed E-state index contributed by atoms with van der Waals surface area (Å²) >= 11 is 6.41. The lowest BCUT2D eigenvalue weighted by molar-refractivity contribution is -0.125. The fourth-order valence-corrected chi connectivity index (χ4v) is 9.01. The number of aliphatic hydroxyl groups is 1. The lowest BCUT2D eigenvalue weighted by Crippen LogP contribution is -2.52. The van der Waals surface area contributed by atoms with Crippen LogP contribution in [0.1, 0.15) is 60.0 Å². The smallest absolute Gasteiger partial charge is 0.262 e. The maximum atomic E-state index is 13.4. The molecule has 2 N–H and O–H groups in total. The van der Waals surface area contributed by atoms with Gasteiger partial charge >= 0.3 is 0 Å². The highest BCUT2D eigenvalue weighted by Gasteiger charge is 2.46. The Hall–Kier alpha value is -2.52. The Morgan fingerprint density at radius 1 is 1.17 bits per heavy atom. The molecule has 2 aromatic rings. The highest BCUT2D eigenvalue weighted by atomic mass is 35.5. The number of rotatable bonds is 0. The molecule has 2 aromatic carbocycles. The van der Waals surface area contributed by atoms with Crippen LogP contribution < -0.4 is 14.4 Å². The van der Waals surface area contributed by atoms with E-state index in [4.69, 9.17) is 21.1 Å². The third-order valence-corrected chi connectivity index (χ3v) is 11.7. The zero-order chi connectivity index (χ0) is 29.1. The van der Waals surface area contributed by atoms with Crippen molar-refractivity contribution in [3.8, 4) is 5.75 Å². The molecular formula is C33H39ClN2O5S. The van der Waals surface area contributed by atoms with Crippen molar-refractivity contribution in [1.29, 1.82) is 0 Å². The number of anilines is 1. The van der Waals surface area contributed by atoms with Gasteiger partial charge < -0.3 is 19.5 Å². The molecule has 5 aliphatic rings. The second kappa shape index (κ2) is 10.6. The molecule has 1 unspecified atom stereocenters. The average molecular weight is 611 g/mol. The van der Waals surface area contributed by atoms with Crippen LogP contribution in [0.5, 0.6) is 5.75 Å². The van der Waals surface area contributed by atoms with E-state index >= 15 is 0 Å². The summed E-state index contributed by atoms with van der Waals surface area (Å²) < 4.78 is 28.8. The van der Waals surface area contributed by atoms with Crippen molar-refractivity contribution in [3.63, 3.8) is 0 Å². The second-order valence-electron chi connectivity index (χ2n) is 13.1. The minimum Gasteiger partial charge on any atom is -0.490 e. The van der Waals surface area contributed by atoms with Crippen molar-refractivity contribution in [2.75, 3.05) is 37.0 Å². The van der Waals surface area contributed by atoms with E-state index in [1.807, 2.05) is 18.2 Å². The minimum atomic E-state index is -2.96. The van der Waals surface area contributed by atoms with E-state index in [1.165, 1.54) is 11.1 Å². The first-order valence-electron chi connectivity index (χ1n) is 15.1. The lowest BCUT2D eigenvalue weighted by Gasteiger charge is -2.48. The van der Waals surface area contributed by atoms with Gasteiger partial charge in [-0.3, -0.25) is 9.52 Å². The summed E-state index contributed by atoms with van der Waals surface area (Å²) in [6.07, 6.45) is 9.62. The molecule has 1 saturated heterocycles. The van der Waals surface area contributed by atoms with E-state index in [0.29, 0.717) is 43.5 Å². The zero-order valence-corrected chi connectivity index (χ0v) is 25.4. The van der Waals surface area contributed by atoms with E-state index in [1.54, 1.807) is 18.2 Å². The van der Waals surface area contributed by atoms with Gasteiger partial charge in [0.1, 0.15) is 5.75 Å². The highest BCUT2D eigenvalue weighted by molar-refractivity contribution is 7.99. The number of halogens is 1. The average Bonchev–Trinajstić information content (AvgIpc) is 3.07. The van der Waals surface area contributed by atoms with E-state index < -0.39 is 21.2 Å². The second-order valence-corrected chi connectivity index (χ2v) is 15.7. The minimum absolute atomic E-state index is 0.0376. The summed E-state index contributed by atoms with van der Waals surface area (Å²) in [5.41, 5.74) is 2.65. The highest BCUT2D eigenvalue weighted by Crippen LogP contribution is 2.48. The van der Waals surface area contributed by atoms with Crippen molar-refractivity contribution < 1.29 is 23.6 Å². The number of carbonyl (C=O) groups excluding carboxylic acids is 1. The molecule has 3 aliphatic heterocycles. The topological polar surface area (TPSA) is 88.1 Å². The molecule has 2 fully saturated rings. The van der Waals surface area contributed by atoms with Crippen molar-refractivity contribution in [2.45, 2.75) is 62.1 Å². The first-order chi connectivity index (χ1) is 20.1. The van der Waals surface area contributed by atoms with Gasteiger partial charge in [-0.15, -0.1) is 0 Å². The van der Waals surface area contributed by atoms with Crippen molar-refractivity contribution in [3.05, 3.63) is 70.3 Å². The molecule has 224 valence electrons. The molecule has 9 heteroatoms.